The van der Waals surface area contributed by atoms with E-state index in [2.05, 4.69) is 0 Å². The molecule has 96 valence electrons. The number of ether oxygens (including phenoxy) is 2. The number of aliphatic hydroxyl groups is 1. The van der Waals surface area contributed by atoms with Crippen molar-refractivity contribution in [3.8, 4) is 11.5 Å². The lowest BCUT2D eigenvalue weighted by Gasteiger charge is -2.30. The van der Waals surface area contributed by atoms with Crippen LogP contribution in [0.3, 0.4) is 0 Å². The summed E-state index contributed by atoms with van der Waals surface area (Å²) in [4.78, 5) is 0. The number of para-hydroxylation sites is 1. The lowest BCUT2D eigenvalue weighted by Crippen LogP contribution is -2.32. The van der Waals surface area contributed by atoms with E-state index in [1.165, 1.54) is 0 Å². The zero-order valence-electron chi connectivity index (χ0n) is 9.97. The molecule has 0 saturated carbocycles. The first-order valence-electron chi connectivity index (χ1n) is 5.31. The minimum atomic E-state index is -0.388. The van der Waals surface area contributed by atoms with E-state index in [1.54, 1.807) is 0 Å². The molecule has 0 fully saturated rings. The Kier molecular flexibility index (Phi) is 4.25. The standard InChI is InChI=1S/C12H17NO3.ClH/c1-12(2,6-14)11(13)8-4-3-5-9-10(8)16-7-15-9;/h3-5,11,14H,6-7,13H2,1-2H3;1H/t11-;/m1./s1. The van der Waals surface area contributed by atoms with Crippen LogP contribution in [0.15, 0.2) is 18.2 Å². The van der Waals surface area contributed by atoms with Crippen LogP contribution >= 0.6 is 12.4 Å². The quantitative estimate of drug-likeness (QED) is 0.870. The minimum Gasteiger partial charge on any atom is -0.454 e. The van der Waals surface area contributed by atoms with Gasteiger partial charge in [-0.05, 0) is 6.07 Å². The molecule has 0 aromatic heterocycles. The van der Waals surface area contributed by atoms with Gasteiger partial charge in [0.15, 0.2) is 11.5 Å². The highest BCUT2D eigenvalue weighted by Gasteiger charge is 2.31. The van der Waals surface area contributed by atoms with Crippen LogP contribution in [0.25, 0.3) is 0 Å². The van der Waals surface area contributed by atoms with Crippen molar-refractivity contribution >= 4 is 12.4 Å². The Labute approximate surface area is 107 Å². The van der Waals surface area contributed by atoms with Crippen LogP contribution in [0, 0.1) is 5.41 Å². The summed E-state index contributed by atoms with van der Waals surface area (Å²) in [5, 5.41) is 9.32. The van der Waals surface area contributed by atoms with Gasteiger partial charge in [0.1, 0.15) is 0 Å². The van der Waals surface area contributed by atoms with Crippen molar-refractivity contribution in [3.63, 3.8) is 0 Å². The van der Waals surface area contributed by atoms with E-state index in [9.17, 15) is 5.11 Å². The van der Waals surface area contributed by atoms with Crippen LogP contribution in [0.2, 0.25) is 0 Å². The Morgan fingerprint density at radius 3 is 2.76 bits per heavy atom. The molecule has 1 atom stereocenters. The van der Waals surface area contributed by atoms with Gasteiger partial charge in [-0.2, -0.15) is 0 Å². The average molecular weight is 260 g/mol. The summed E-state index contributed by atoms with van der Waals surface area (Å²) in [6.07, 6.45) is 0. The van der Waals surface area contributed by atoms with E-state index in [4.69, 9.17) is 15.2 Å². The number of halogens is 1. The largest absolute Gasteiger partial charge is 0.454 e. The molecule has 1 heterocycles. The van der Waals surface area contributed by atoms with Gasteiger partial charge in [0, 0.05) is 23.6 Å². The zero-order valence-corrected chi connectivity index (χ0v) is 10.8. The second kappa shape index (κ2) is 5.12. The summed E-state index contributed by atoms with van der Waals surface area (Å²) >= 11 is 0. The number of hydrogen-bond acceptors (Lipinski definition) is 4. The molecule has 4 nitrogen and oxygen atoms in total. The van der Waals surface area contributed by atoms with E-state index in [-0.39, 0.29) is 37.3 Å². The molecule has 2 rings (SSSR count). The summed E-state index contributed by atoms with van der Waals surface area (Å²) in [5.74, 6) is 1.43. The molecule has 0 unspecified atom stereocenters. The second-order valence-electron chi connectivity index (χ2n) is 4.71. The first-order valence-corrected chi connectivity index (χ1v) is 5.31. The van der Waals surface area contributed by atoms with Gasteiger partial charge in [-0.3, -0.25) is 0 Å². The van der Waals surface area contributed by atoms with Gasteiger partial charge in [-0.1, -0.05) is 26.0 Å². The fraction of sp³-hybridized carbons (Fsp3) is 0.500. The smallest absolute Gasteiger partial charge is 0.231 e. The van der Waals surface area contributed by atoms with Gasteiger partial charge >= 0.3 is 0 Å². The first-order chi connectivity index (χ1) is 7.56. The molecule has 0 radical (unpaired) electrons. The molecular weight excluding hydrogens is 242 g/mol. The van der Waals surface area contributed by atoms with Crippen LogP contribution < -0.4 is 15.2 Å². The SMILES string of the molecule is CC(C)(CO)[C@H](N)c1cccc2c1OCO2.Cl. The fourth-order valence-electron chi connectivity index (χ4n) is 1.72. The summed E-state index contributed by atoms with van der Waals surface area (Å²) in [6, 6.07) is 5.37. The van der Waals surface area contributed by atoms with Crippen molar-refractivity contribution in [1.29, 1.82) is 0 Å². The molecule has 0 amide bonds. The van der Waals surface area contributed by atoms with Crippen molar-refractivity contribution in [2.75, 3.05) is 13.4 Å². The highest BCUT2D eigenvalue weighted by molar-refractivity contribution is 5.85. The Morgan fingerprint density at radius 2 is 2.12 bits per heavy atom. The van der Waals surface area contributed by atoms with Crippen molar-refractivity contribution in [3.05, 3.63) is 23.8 Å². The highest BCUT2D eigenvalue weighted by Crippen LogP contribution is 2.42. The maximum Gasteiger partial charge on any atom is 0.231 e. The predicted molar refractivity (Wildman–Crippen MR) is 67.6 cm³/mol. The Hall–Kier alpha value is -0.970. The van der Waals surface area contributed by atoms with E-state index < -0.39 is 0 Å². The number of aliphatic hydroxyl groups excluding tert-OH is 1. The van der Waals surface area contributed by atoms with E-state index in [1.807, 2.05) is 32.0 Å². The van der Waals surface area contributed by atoms with Crippen LogP contribution in [0.4, 0.5) is 0 Å². The number of hydrogen-bond donors (Lipinski definition) is 2. The van der Waals surface area contributed by atoms with E-state index >= 15 is 0 Å². The summed E-state index contributed by atoms with van der Waals surface area (Å²) < 4.78 is 10.7. The maximum absolute atomic E-state index is 9.32. The number of rotatable bonds is 3. The number of fused-ring (bicyclic) bond motifs is 1. The van der Waals surface area contributed by atoms with Gasteiger partial charge in [-0.25, -0.2) is 0 Å². The topological polar surface area (TPSA) is 64.7 Å². The van der Waals surface area contributed by atoms with Gasteiger partial charge < -0.3 is 20.3 Å². The van der Waals surface area contributed by atoms with Crippen molar-refractivity contribution in [2.45, 2.75) is 19.9 Å². The third kappa shape index (κ3) is 2.49. The van der Waals surface area contributed by atoms with Crippen molar-refractivity contribution < 1.29 is 14.6 Å². The van der Waals surface area contributed by atoms with Gasteiger partial charge in [0.2, 0.25) is 6.79 Å². The van der Waals surface area contributed by atoms with Crippen LogP contribution in [0.5, 0.6) is 11.5 Å². The van der Waals surface area contributed by atoms with Crippen molar-refractivity contribution in [1.82, 2.24) is 0 Å². The molecule has 17 heavy (non-hydrogen) atoms. The molecule has 5 heteroatoms. The maximum atomic E-state index is 9.32. The van der Waals surface area contributed by atoms with E-state index in [0.717, 1.165) is 11.3 Å². The summed E-state index contributed by atoms with van der Waals surface area (Å²) in [6.45, 7) is 4.11. The Bertz CT molecular complexity index is 395. The minimum absolute atomic E-state index is 0. The molecule has 0 aliphatic carbocycles. The van der Waals surface area contributed by atoms with Crippen LogP contribution in [-0.2, 0) is 0 Å². The molecule has 1 aromatic rings. The zero-order chi connectivity index (χ0) is 11.8. The average Bonchev–Trinajstić information content (AvgIpc) is 2.75. The molecule has 0 saturated heterocycles. The molecule has 1 aliphatic rings. The van der Waals surface area contributed by atoms with Crippen LogP contribution in [-0.4, -0.2) is 18.5 Å². The first kappa shape index (κ1) is 14.1. The van der Waals surface area contributed by atoms with Gasteiger partial charge in [0.25, 0.3) is 0 Å². The second-order valence-corrected chi connectivity index (χ2v) is 4.71. The summed E-state index contributed by atoms with van der Waals surface area (Å²) in [7, 11) is 0. The Balaban J connectivity index is 0.00000144. The highest BCUT2D eigenvalue weighted by atomic mass is 35.5. The number of nitrogens with two attached hydrogens (primary N) is 1. The van der Waals surface area contributed by atoms with Gasteiger partial charge in [-0.15, -0.1) is 12.4 Å². The molecule has 1 aliphatic heterocycles. The third-order valence-corrected chi connectivity index (χ3v) is 3.01. The summed E-state index contributed by atoms with van der Waals surface area (Å²) in [5.41, 5.74) is 6.66. The monoisotopic (exact) mass is 259 g/mol. The fourth-order valence-corrected chi connectivity index (χ4v) is 1.72. The lowest BCUT2D eigenvalue weighted by atomic mass is 9.81. The van der Waals surface area contributed by atoms with E-state index in [0.29, 0.717) is 5.75 Å². The molecule has 1 aromatic carbocycles. The normalized spacial score (nSPS) is 15.3. The number of benzene rings is 1. The molecule has 3 N–H and O–H groups in total. The van der Waals surface area contributed by atoms with Crippen molar-refractivity contribution in [2.24, 2.45) is 11.1 Å². The van der Waals surface area contributed by atoms with Crippen LogP contribution in [0.1, 0.15) is 25.5 Å². The molecule has 0 spiro atoms. The lowest BCUT2D eigenvalue weighted by molar-refractivity contribution is 0.129. The third-order valence-electron chi connectivity index (χ3n) is 3.01. The predicted octanol–water partition coefficient (Wildman–Crippen LogP) is 1.86. The Morgan fingerprint density at radius 1 is 1.41 bits per heavy atom. The molecule has 0 bridgehead atoms. The molecular formula is C12H18ClNO3. The van der Waals surface area contributed by atoms with Gasteiger partial charge in [0.05, 0.1) is 0 Å².